The van der Waals surface area contributed by atoms with Gasteiger partial charge in [0.15, 0.2) is 5.82 Å². The van der Waals surface area contributed by atoms with Crippen LogP contribution in [-0.4, -0.2) is 24.2 Å². The minimum absolute atomic E-state index is 0.290. The van der Waals surface area contributed by atoms with Gasteiger partial charge in [0, 0.05) is 30.4 Å². The van der Waals surface area contributed by atoms with E-state index >= 15 is 0 Å². The minimum Gasteiger partial charge on any atom is -0.398 e. The van der Waals surface area contributed by atoms with E-state index in [1.165, 1.54) is 6.07 Å². The normalized spacial score (nSPS) is 18.6. The molecule has 3 N–H and O–H groups in total. The molecule has 1 saturated heterocycles. The van der Waals surface area contributed by atoms with Gasteiger partial charge < -0.3 is 15.8 Å². The van der Waals surface area contributed by atoms with Crippen LogP contribution in [0.4, 0.5) is 15.8 Å². The van der Waals surface area contributed by atoms with Crippen LogP contribution >= 0.6 is 0 Å². The van der Waals surface area contributed by atoms with Crippen LogP contribution in [0.2, 0.25) is 0 Å². The molecule has 5 heteroatoms. The number of hydrogen-bond acceptors (Lipinski definition) is 4. The van der Waals surface area contributed by atoms with E-state index in [1.807, 2.05) is 6.07 Å². The first-order chi connectivity index (χ1) is 9.75. The van der Waals surface area contributed by atoms with E-state index in [9.17, 15) is 4.39 Å². The van der Waals surface area contributed by atoms with Crippen LogP contribution in [0.25, 0.3) is 10.9 Å². The number of nitrogen functional groups attached to an aromatic ring is 1. The topological polar surface area (TPSA) is 60.2 Å². The van der Waals surface area contributed by atoms with Crippen molar-refractivity contribution >= 4 is 22.3 Å². The van der Waals surface area contributed by atoms with E-state index < -0.39 is 0 Å². The lowest BCUT2D eigenvalue weighted by Crippen LogP contribution is -2.13. The van der Waals surface area contributed by atoms with Crippen molar-refractivity contribution in [1.82, 2.24) is 4.98 Å². The van der Waals surface area contributed by atoms with Gasteiger partial charge in [0.05, 0.1) is 17.3 Å². The molecule has 1 aliphatic rings. The Morgan fingerprint density at radius 2 is 2.40 bits per heavy atom. The van der Waals surface area contributed by atoms with Crippen molar-refractivity contribution in [2.45, 2.75) is 25.4 Å². The van der Waals surface area contributed by atoms with Crippen LogP contribution in [-0.2, 0) is 4.74 Å². The maximum atomic E-state index is 14.1. The summed E-state index contributed by atoms with van der Waals surface area (Å²) in [4.78, 5) is 4.24. The molecule has 1 aliphatic heterocycles. The average Bonchev–Trinajstić information content (AvgIpc) is 2.96. The maximum absolute atomic E-state index is 14.1. The van der Waals surface area contributed by atoms with Gasteiger partial charge in [-0.3, -0.25) is 4.98 Å². The van der Waals surface area contributed by atoms with Crippen LogP contribution in [0.5, 0.6) is 0 Å². The molecule has 1 fully saturated rings. The van der Waals surface area contributed by atoms with Gasteiger partial charge in [0.25, 0.3) is 0 Å². The van der Waals surface area contributed by atoms with Crippen molar-refractivity contribution in [3.8, 4) is 0 Å². The van der Waals surface area contributed by atoms with Gasteiger partial charge in [-0.05, 0) is 37.5 Å². The first-order valence-corrected chi connectivity index (χ1v) is 6.94. The van der Waals surface area contributed by atoms with Gasteiger partial charge in [0.1, 0.15) is 0 Å². The van der Waals surface area contributed by atoms with Gasteiger partial charge in [0.2, 0.25) is 0 Å². The van der Waals surface area contributed by atoms with Crippen molar-refractivity contribution in [3.05, 3.63) is 30.2 Å². The maximum Gasteiger partial charge on any atom is 0.150 e. The zero-order valence-corrected chi connectivity index (χ0v) is 11.2. The Bertz CT molecular complexity index is 611. The molecule has 1 aromatic heterocycles. The Morgan fingerprint density at radius 3 is 3.20 bits per heavy atom. The Morgan fingerprint density at radius 1 is 1.50 bits per heavy atom. The summed E-state index contributed by atoms with van der Waals surface area (Å²) < 4.78 is 19.6. The van der Waals surface area contributed by atoms with Crippen molar-refractivity contribution in [3.63, 3.8) is 0 Å². The average molecular weight is 275 g/mol. The molecule has 1 aromatic carbocycles. The highest BCUT2D eigenvalue weighted by Crippen LogP contribution is 2.29. The second-order valence-electron chi connectivity index (χ2n) is 5.07. The molecule has 2 heterocycles. The number of ether oxygens (including phenoxy) is 1. The fourth-order valence-electron chi connectivity index (χ4n) is 2.64. The molecule has 106 valence electrons. The quantitative estimate of drug-likeness (QED) is 0.842. The van der Waals surface area contributed by atoms with Gasteiger partial charge in [-0.1, -0.05) is 0 Å². The third-order valence-electron chi connectivity index (χ3n) is 3.67. The highest BCUT2D eigenvalue weighted by atomic mass is 19.1. The summed E-state index contributed by atoms with van der Waals surface area (Å²) in [6, 6.07) is 4.99. The Kier molecular flexibility index (Phi) is 3.69. The largest absolute Gasteiger partial charge is 0.398 e. The SMILES string of the molecule is Nc1cc(F)c(NCCC2CCCO2)c2ncccc12. The zero-order chi connectivity index (χ0) is 13.9. The fourth-order valence-corrected chi connectivity index (χ4v) is 2.64. The standard InChI is InChI=1S/C15H18FN3O/c16-12-9-13(17)11-4-1-6-18-14(11)15(12)19-7-5-10-3-2-8-20-10/h1,4,6,9-10,19H,2-3,5,7-8,17H2. The van der Waals surface area contributed by atoms with Crippen LogP contribution < -0.4 is 11.1 Å². The number of halogens is 1. The van der Waals surface area contributed by atoms with E-state index in [1.54, 1.807) is 12.3 Å². The van der Waals surface area contributed by atoms with Crippen molar-refractivity contribution in [2.24, 2.45) is 0 Å². The number of nitrogens with two attached hydrogens (primary N) is 1. The number of rotatable bonds is 4. The smallest absolute Gasteiger partial charge is 0.150 e. The number of hydrogen-bond donors (Lipinski definition) is 2. The van der Waals surface area contributed by atoms with Gasteiger partial charge >= 0.3 is 0 Å². The number of nitrogens with zero attached hydrogens (tertiary/aromatic N) is 1. The molecule has 3 rings (SSSR count). The summed E-state index contributed by atoms with van der Waals surface area (Å²) in [5.41, 5.74) is 7.24. The summed E-state index contributed by atoms with van der Waals surface area (Å²) in [5, 5.41) is 3.91. The van der Waals surface area contributed by atoms with E-state index in [4.69, 9.17) is 10.5 Å². The first-order valence-electron chi connectivity index (χ1n) is 6.94. The molecule has 0 bridgehead atoms. The number of fused-ring (bicyclic) bond motifs is 1. The van der Waals surface area contributed by atoms with E-state index in [2.05, 4.69) is 10.3 Å². The monoisotopic (exact) mass is 275 g/mol. The second-order valence-corrected chi connectivity index (χ2v) is 5.07. The summed E-state index contributed by atoms with van der Waals surface area (Å²) in [6.45, 7) is 1.50. The predicted molar refractivity (Wildman–Crippen MR) is 78.2 cm³/mol. The Labute approximate surface area is 117 Å². The molecule has 0 saturated carbocycles. The third kappa shape index (κ3) is 2.54. The molecule has 0 spiro atoms. The second kappa shape index (κ2) is 5.63. The number of nitrogens with one attached hydrogen (secondary N) is 1. The summed E-state index contributed by atoms with van der Waals surface area (Å²) in [7, 11) is 0. The number of aromatic nitrogens is 1. The number of anilines is 2. The third-order valence-corrected chi connectivity index (χ3v) is 3.67. The van der Waals surface area contributed by atoms with Gasteiger partial charge in [-0.2, -0.15) is 0 Å². The molecular formula is C15H18FN3O. The lowest BCUT2D eigenvalue weighted by molar-refractivity contribution is 0.107. The lowest BCUT2D eigenvalue weighted by Gasteiger charge is -2.14. The summed E-state index contributed by atoms with van der Waals surface area (Å²) >= 11 is 0. The van der Waals surface area contributed by atoms with Gasteiger partial charge in [-0.15, -0.1) is 0 Å². The summed E-state index contributed by atoms with van der Waals surface area (Å²) in [5.74, 6) is -0.360. The number of benzene rings is 1. The minimum atomic E-state index is -0.360. The fraction of sp³-hybridized carbons (Fsp3) is 0.400. The predicted octanol–water partition coefficient (Wildman–Crippen LogP) is 2.94. The van der Waals surface area contributed by atoms with E-state index in [0.717, 1.165) is 31.3 Å². The van der Waals surface area contributed by atoms with Crippen molar-refractivity contribution in [2.75, 3.05) is 24.2 Å². The van der Waals surface area contributed by atoms with E-state index in [-0.39, 0.29) is 5.82 Å². The highest BCUT2D eigenvalue weighted by Gasteiger charge is 2.16. The highest BCUT2D eigenvalue weighted by molar-refractivity contribution is 5.98. The van der Waals surface area contributed by atoms with Crippen LogP contribution in [0.3, 0.4) is 0 Å². The van der Waals surface area contributed by atoms with Crippen LogP contribution in [0, 0.1) is 5.82 Å². The molecule has 1 atom stereocenters. The Hall–Kier alpha value is -1.88. The van der Waals surface area contributed by atoms with E-state index in [0.29, 0.717) is 29.5 Å². The Balaban J connectivity index is 1.79. The number of pyridine rings is 1. The van der Waals surface area contributed by atoms with Gasteiger partial charge in [-0.25, -0.2) is 4.39 Å². The molecule has 2 aromatic rings. The van der Waals surface area contributed by atoms with Crippen LogP contribution in [0.15, 0.2) is 24.4 Å². The molecule has 0 amide bonds. The molecule has 0 aliphatic carbocycles. The first kappa shape index (κ1) is 13.1. The van der Waals surface area contributed by atoms with Crippen molar-refractivity contribution < 1.29 is 9.13 Å². The zero-order valence-electron chi connectivity index (χ0n) is 11.2. The molecule has 1 unspecified atom stereocenters. The molecule has 20 heavy (non-hydrogen) atoms. The van der Waals surface area contributed by atoms with Crippen LogP contribution in [0.1, 0.15) is 19.3 Å². The molecule has 0 radical (unpaired) electrons. The lowest BCUT2D eigenvalue weighted by atomic mass is 10.1. The molecular weight excluding hydrogens is 257 g/mol. The van der Waals surface area contributed by atoms with Crippen molar-refractivity contribution in [1.29, 1.82) is 0 Å². The molecule has 4 nitrogen and oxygen atoms in total. The summed E-state index contributed by atoms with van der Waals surface area (Å²) in [6.07, 6.45) is 5.01.